The molecule has 0 spiro atoms. The molecule has 1 saturated heterocycles. The molecule has 0 aliphatic carbocycles. The van der Waals surface area contributed by atoms with E-state index in [1.807, 2.05) is 0 Å². The summed E-state index contributed by atoms with van der Waals surface area (Å²) >= 11 is 0. The highest BCUT2D eigenvalue weighted by Gasteiger charge is 2.27. The van der Waals surface area contributed by atoms with Crippen molar-refractivity contribution in [2.75, 3.05) is 26.2 Å². The van der Waals surface area contributed by atoms with E-state index in [-0.39, 0.29) is 0 Å². The number of hydrogen-bond donors (Lipinski definition) is 3. The first kappa shape index (κ1) is 16.2. The molecular formula is C12H21N3O5. The van der Waals surface area contributed by atoms with Crippen LogP contribution >= 0.6 is 0 Å². The van der Waals surface area contributed by atoms with Crippen LogP contribution in [-0.2, 0) is 9.59 Å². The summed E-state index contributed by atoms with van der Waals surface area (Å²) in [7, 11) is 0. The highest BCUT2D eigenvalue weighted by atomic mass is 16.4. The van der Waals surface area contributed by atoms with Crippen LogP contribution in [-0.4, -0.2) is 76.2 Å². The smallest absolute Gasteiger partial charge is 0.326 e. The van der Waals surface area contributed by atoms with E-state index in [4.69, 9.17) is 10.2 Å². The maximum absolute atomic E-state index is 11.9. The van der Waals surface area contributed by atoms with Crippen LogP contribution in [0.2, 0.25) is 0 Å². The summed E-state index contributed by atoms with van der Waals surface area (Å²) in [4.78, 5) is 37.1. The van der Waals surface area contributed by atoms with Crippen molar-refractivity contribution in [3.05, 3.63) is 0 Å². The summed E-state index contributed by atoms with van der Waals surface area (Å²) in [5, 5.41) is 19.7. The van der Waals surface area contributed by atoms with Crippen LogP contribution in [0.1, 0.15) is 20.3 Å². The number of piperazine rings is 1. The van der Waals surface area contributed by atoms with Crippen LogP contribution in [0.3, 0.4) is 0 Å². The molecule has 1 aliphatic rings. The van der Waals surface area contributed by atoms with Crippen LogP contribution in [0.15, 0.2) is 0 Å². The second-order valence-corrected chi connectivity index (χ2v) is 5.05. The van der Waals surface area contributed by atoms with Crippen LogP contribution < -0.4 is 5.32 Å². The molecule has 1 fully saturated rings. The van der Waals surface area contributed by atoms with E-state index in [2.05, 4.69) is 24.1 Å². The standard InChI is InChI=1S/C12H21N3O5/c1-8(2)14-3-5-15(6-4-14)12(20)13-9(11(18)19)7-10(16)17/h8-9H,3-7H2,1-2H3,(H,13,20)(H,16,17)(H,18,19). The molecule has 1 aliphatic heterocycles. The Kier molecular flexibility index (Phi) is 5.75. The van der Waals surface area contributed by atoms with Crippen molar-refractivity contribution in [1.82, 2.24) is 15.1 Å². The molecule has 0 saturated carbocycles. The first-order chi connectivity index (χ1) is 9.31. The van der Waals surface area contributed by atoms with Gasteiger partial charge in [-0.1, -0.05) is 0 Å². The minimum atomic E-state index is -1.40. The van der Waals surface area contributed by atoms with E-state index in [1.54, 1.807) is 0 Å². The minimum absolute atomic E-state index is 0.402. The van der Waals surface area contributed by atoms with E-state index in [1.165, 1.54) is 4.90 Å². The predicted molar refractivity (Wildman–Crippen MR) is 70.5 cm³/mol. The van der Waals surface area contributed by atoms with Crippen molar-refractivity contribution >= 4 is 18.0 Å². The molecule has 3 N–H and O–H groups in total. The normalized spacial score (nSPS) is 17.9. The summed E-state index contributed by atoms with van der Waals surface area (Å²) in [6.45, 7) is 6.60. The molecule has 20 heavy (non-hydrogen) atoms. The van der Waals surface area contributed by atoms with Crippen LogP contribution in [0.5, 0.6) is 0 Å². The van der Waals surface area contributed by atoms with E-state index < -0.39 is 30.4 Å². The Labute approximate surface area is 117 Å². The number of nitrogens with one attached hydrogen (secondary N) is 1. The van der Waals surface area contributed by atoms with Crippen LogP contribution in [0, 0.1) is 0 Å². The van der Waals surface area contributed by atoms with Gasteiger partial charge in [-0.15, -0.1) is 0 Å². The minimum Gasteiger partial charge on any atom is -0.481 e. The van der Waals surface area contributed by atoms with Gasteiger partial charge < -0.3 is 20.4 Å². The van der Waals surface area contributed by atoms with Gasteiger partial charge >= 0.3 is 18.0 Å². The second kappa shape index (κ2) is 7.09. The maximum atomic E-state index is 11.9. The molecule has 0 bridgehead atoms. The van der Waals surface area contributed by atoms with Crippen molar-refractivity contribution in [3.63, 3.8) is 0 Å². The first-order valence-electron chi connectivity index (χ1n) is 6.55. The van der Waals surface area contributed by atoms with Crippen LogP contribution in [0.25, 0.3) is 0 Å². The Hall–Kier alpha value is -1.83. The number of rotatable bonds is 5. The zero-order valence-electron chi connectivity index (χ0n) is 11.7. The molecule has 8 heteroatoms. The monoisotopic (exact) mass is 287 g/mol. The number of carboxylic acid groups (broad SMARTS) is 2. The lowest BCUT2D eigenvalue weighted by Gasteiger charge is -2.37. The van der Waals surface area contributed by atoms with Gasteiger partial charge in [-0.2, -0.15) is 0 Å². The zero-order valence-corrected chi connectivity index (χ0v) is 11.7. The third-order valence-corrected chi connectivity index (χ3v) is 3.31. The number of aliphatic carboxylic acids is 2. The van der Waals surface area contributed by atoms with Crippen molar-refractivity contribution in [1.29, 1.82) is 0 Å². The van der Waals surface area contributed by atoms with Crippen molar-refractivity contribution in [3.8, 4) is 0 Å². The zero-order chi connectivity index (χ0) is 15.3. The van der Waals surface area contributed by atoms with Gasteiger partial charge in [0.15, 0.2) is 0 Å². The fraction of sp³-hybridized carbons (Fsp3) is 0.750. The van der Waals surface area contributed by atoms with Crippen molar-refractivity contribution in [2.24, 2.45) is 0 Å². The molecule has 0 aromatic heterocycles. The third-order valence-electron chi connectivity index (χ3n) is 3.31. The number of carbonyl (C=O) groups excluding carboxylic acids is 1. The van der Waals surface area contributed by atoms with Gasteiger partial charge in [0.25, 0.3) is 0 Å². The molecule has 1 rings (SSSR count). The van der Waals surface area contributed by atoms with Gasteiger partial charge in [0.2, 0.25) is 0 Å². The fourth-order valence-corrected chi connectivity index (χ4v) is 2.06. The van der Waals surface area contributed by atoms with Crippen molar-refractivity contribution < 1.29 is 24.6 Å². The Balaban J connectivity index is 2.50. The van der Waals surface area contributed by atoms with Gasteiger partial charge in [0.1, 0.15) is 6.04 Å². The summed E-state index contributed by atoms with van der Waals surface area (Å²) < 4.78 is 0. The number of urea groups is 1. The van der Waals surface area contributed by atoms with Gasteiger partial charge in [0, 0.05) is 32.2 Å². The number of carbonyl (C=O) groups is 3. The van der Waals surface area contributed by atoms with Gasteiger partial charge in [-0.05, 0) is 13.8 Å². The lowest BCUT2D eigenvalue weighted by atomic mass is 10.2. The lowest BCUT2D eigenvalue weighted by Crippen LogP contribution is -2.55. The number of hydrogen-bond acceptors (Lipinski definition) is 4. The molecule has 1 heterocycles. The molecule has 0 aromatic carbocycles. The van der Waals surface area contributed by atoms with E-state index >= 15 is 0 Å². The largest absolute Gasteiger partial charge is 0.481 e. The Bertz CT molecular complexity index is 377. The average molecular weight is 287 g/mol. The average Bonchev–Trinajstić information content (AvgIpc) is 2.37. The number of nitrogens with zero attached hydrogens (tertiary/aromatic N) is 2. The lowest BCUT2D eigenvalue weighted by molar-refractivity contribution is -0.145. The Morgan fingerprint density at radius 1 is 1.10 bits per heavy atom. The van der Waals surface area contributed by atoms with E-state index in [9.17, 15) is 14.4 Å². The number of carboxylic acids is 2. The highest BCUT2D eigenvalue weighted by Crippen LogP contribution is 2.06. The molecule has 0 aromatic rings. The summed E-state index contributed by atoms with van der Waals surface area (Å²) in [6, 6.07) is -1.52. The maximum Gasteiger partial charge on any atom is 0.326 e. The molecule has 8 nitrogen and oxygen atoms in total. The third kappa shape index (κ3) is 4.69. The van der Waals surface area contributed by atoms with E-state index in [0.29, 0.717) is 19.1 Å². The number of amides is 2. The predicted octanol–water partition coefficient (Wildman–Crippen LogP) is -0.350. The van der Waals surface area contributed by atoms with Crippen molar-refractivity contribution in [2.45, 2.75) is 32.4 Å². The summed E-state index contributed by atoms with van der Waals surface area (Å²) in [6.07, 6.45) is -0.632. The van der Waals surface area contributed by atoms with Crippen LogP contribution in [0.4, 0.5) is 4.79 Å². The van der Waals surface area contributed by atoms with E-state index in [0.717, 1.165) is 13.1 Å². The summed E-state index contributed by atoms with van der Waals surface area (Å²) in [5.41, 5.74) is 0. The molecule has 2 amide bonds. The molecule has 1 unspecified atom stereocenters. The highest BCUT2D eigenvalue weighted by molar-refractivity contribution is 5.86. The topological polar surface area (TPSA) is 110 Å². The second-order valence-electron chi connectivity index (χ2n) is 5.05. The molecule has 114 valence electrons. The Morgan fingerprint density at radius 3 is 2.05 bits per heavy atom. The first-order valence-corrected chi connectivity index (χ1v) is 6.55. The molecular weight excluding hydrogens is 266 g/mol. The van der Waals surface area contributed by atoms with Gasteiger partial charge in [0.05, 0.1) is 6.42 Å². The summed E-state index contributed by atoms with van der Waals surface area (Å²) in [5.74, 6) is -2.61. The fourth-order valence-electron chi connectivity index (χ4n) is 2.06. The quantitative estimate of drug-likeness (QED) is 0.637. The molecule has 1 atom stereocenters. The Morgan fingerprint density at radius 2 is 1.65 bits per heavy atom. The van der Waals surface area contributed by atoms with Gasteiger partial charge in [-0.25, -0.2) is 9.59 Å². The SMILES string of the molecule is CC(C)N1CCN(C(=O)NC(CC(=O)O)C(=O)O)CC1. The van der Waals surface area contributed by atoms with Gasteiger partial charge in [-0.3, -0.25) is 9.69 Å². The molecule has 0 radical (unpaired) electrons.